The maximum atomic E-state index is 10.0. The molecule has 0 saturated heterocycles. The van der Waals surface area contributed by atoms with Gasteiger partial charge < -0.3 is 63.4 Å². The molecule has 0 fully saturated rings. The SMILES string of the molecule is C=CC(=O)O.CC(O)COC(C)CO.CCCCCCCCCc1ccc(OC(O)COCCOCCOCCOCCOCCOCCO)cc1. The molecule has 1 aromatic carbocycles. The van der Waals surface area contributed by atoms with Crippen LogP contribution in [-0.4, -0.2) is 149 Å². The fourth-order valence-electron chi connectivity index (χ4n) is 3.92. The van der Waals surface area contributed by atoms with Crippen molar-refractivity contribution in [2.24, 2.45) is 0 Å². The van der Waals surface area contributed by atoms with E-state index in [1.54, 1.807) is 13.8 Å². The summed E-state index contributed by atoms with van der Waals surface area (Å²) in [5.74, 6) is -0.344. The van der Waals surface area contributed by atoms with Crippen molar-refractivity contribution in [1.29, 1.82) is 0 Å². The van der Waals surface area contributed by atoms with E-state index in [0.29, 0.717) is 85.0 Å². The average Bonchev–Trinajstić information content (AvgIpc) is 3.14. The second-order valence-electron chi connectivity index (χ2n) is 11.7. The van der Waals surface area contributed by atoms with E-state index in [2.05, 4.69) is 25.6 Å². The number of carbonyl (C=O) groups is 1. The number of hydrogen-bond donors (Lipinski definition) is 5. The molecule has 306 valence electrons. The van der Waals surface area contributed by atoms with Crippen LogP contribution in [-0.2, 0) is 44.4 Å². The minimum Gasteiger partial charge on any atom is -0.478 e. The van der Waals surface area contributed by atoms with Gasteiger partial charge in [0.2, 0.25) is 6.29 Å². The van der Waals surface area contributed by atoms with Gasteiger partial charge in [0.05, 0.1) is 105 Å². The number of aliphatic carboxylic acids is 1. The number of carboxylic acid groups (broad SMARTS) is 1. The zero-order chi connectivity index (χ0) is 38.9. The molecule has 3 atom stereocenters. The van der Waals surface area contributed by atoms with E-state index in [1.165, 1.54) is 50.5 Å². The molecule has 14 nitrogen and oxygen atoms in total. The highest BCUT2D eigenvalue weighted by Crippen LogP contribution is 2.16. The summed E-state index contributed by atoms with van der Waals surface area (Å²) in [4.78, 5) is 9.25. The second-order valence-corrected chi connectivity index (χ2v) is 11.7. The van der Waals surface area contributed by atoms with Crippen molar-refractivity contribution in [1.82, 2.24) is 0 Å². The van der Waals surface area contributed by atoms with Gasteiger partial charge in [-0.15, -0.1) is 0 Å². The van der Waals surface area contributed by atoms with Crippen molar-refractivity contribution in [3.63, 3.8) is 0 Å². The first-order valence-electron chi connectivity index (χ1n) is 18.5. The zero-order valence-corrected chi connectivity index (χ0v) is 32.0. The Hall–Kier alpha value is -2.21. The van der Waals surface area contributed by atoms with E-state index >= 15 is 0 Å². The van der Waals surface area contributed by atoms with E-state index in [1.807, 2.05) is 12.1 Å². The van der Waals surface area contributed by atoms with Gasteiger partial charge >= 0.3 is 5.97 Å². The molecule has 0 spiro atoms. The van der Waals surface area contributed by atoms with Gasteiger partial charge in [0.25, 0.3) is 0 Å². The summed E-state index contributed by atoms with van der Waals surface area (Å²) < 4.78 is 42.6. The minimum absolute atomic E-state index is 0.00667. The second kappa shape index (κ2) is 41.5. The van der Waals surface area contributed by atoms with Crippen molar-refractivity contribution in [2.75, 3.05) is 99.1 Å². The summed E-state index contributed by atoms with van der Waals surface area (Å²) in [6, 6.07) is 7.94. The van der Waals surface area contributed by atoms with Crippen LogP contribution >= 0.6 is 0 Å². The highest BCUT2D eigenvalue weighted by Gasteiger charge is 2.07. The van der Waals surface area contributed by atoms with Crippen LogP contribution in [0.25, 0.3) is 0 Å². The third-order valence-corrected chi connectivity index (χ3v) is 6.67. The molecule has 0 heterocycles. The molecular formula is C38H70O14. The molecular weight excluding hydrogens is 680 g/mol. The Labute approximate surface area is 311 Å². The molecule has 14 heteroatoms. The van der Waals surface area contributed by atoms with Crippen LogP contribution in [0.1, 0.15) is 71.3 Å². The number of hydrogen-bond acceptors (Lipinski definition) is 13. The normalized spacial score (nSPS) is 12.5. The third kappa shape index (κ3) is 42.2. The fourth-order valence-corrected chi connectivity index (χ4v) is 3.92. The lowest BCUT2D eigenvalue weighted by Crippen LogP contribution is -2.23. The van der Waals surface area contributed by atoms with Crippen molar-refractivity contribution < 1.29 is 68.2 Å². The Kier molecular flexibility index (Phi) is 41.5. The van der Waals surface area contributed by atoms with E-state index < -0.39 is 18.4 Å². The van der Waals surface area contributed by atoms with Gasteiger partial charge in [0.15, 0.2) is 0 Å². The Morgan fingerprint density at radius 3 is 1.56 bits per heavy atom. The Morgan fingerprint density at radius 1 is 0.692 bits per heavy atom. The molecule has 3 unspecified atom stereocenters. The molecule has 0 radical (unpaired) electrons. The quantitative estimate of drug-likeness (QED) is 0.0388. The summed E-state index contributed by atoms with van der Waals surface area (Å²) in [6.07, 6.45) is 9.46. The number of aryl methyl sites for hydroxylation is 1. The molecule has 1 aromatic rings. The van der Waals surface area contributed by atoms with Crippen LogP contribution in [0.3, 0.4) is 0 Å². The highest BCUT2D eigenvalue weighted by atomic mass is 16.6. The van der Waals surface area contributed by atoms with Gasteiger partial charge in [-0.05, 0) is 44.4 Å². The summed E-state index contributed by atoms with van der Waals surface area (Å²) in [5, 5.41) is 43.3. The summed E-state index contributed by atoms with van der Waals surface area (Å²) in [5.41, 5.74) is 1.30. The predicted octanol–water partition coefficient (Wildman–Crippen LogP) is 3.79. The fraction of sp³-hybridized carbons (Fsp3) is 0.763. The maximum Gasteiger partial charge on any atom is 0.327 e. The first kappa shape index (κ1) is 51.9. The van der Waals surface area contributed by atoms with Gasteiger partial charge in [0, 0.05) is 6.08 Å². The number of carboxylic acids is 1. The molecule has 1 rings (SSSR count). The lowest BCUT2D eigenvalue weighted by atomic mass is 10.0. The number of unbranched alkanes of at least 4 members (excludes halogenated alkanes) is 6. The monoisotopic (exact) mass is 750 g/mol. The van der Waals surface area contributed by atoms with Gasteiger partial charge in [-0.2, -0.15) is 0 Å². The van der Waals surface area contributed by atoms with Gasteiger partial charge in [0.1, 0.15) is 12.4 Å². The lowest BCUT2D eigenvalue weighted by Gasteiger charge is -2.14. The van der Waals surface area contributed by atoms with E-state index in [9.17, 15) is 9.90 Å². The number of rotatable bonds is 34. The molecule has 0 amide bonds. The Bertz CT molecular complexity index is 872. The Morgan fingerprint density at radius 2 is 1.13 bits per heavy atom. The standard InChI is InChI=1S/C29H52O9.C6H14O3.C3H4O2/c1-2-3-4-5-6-7-8-9-27-10-12-28(13-11-27)38-29(31)26-37-25-24-36-23-22-35-21-20-34-19-18-33-17-16-32-15-14-30;1-5(8)4-9-6(2)3-7;1-2-3(4)5/h10-13,29-31H,2-9,14-26H2,1H3;5-8H,3-4H2,1-2H3;2H,1H2,(H,4,5). The smallest absolute Gasteiger partial charge is 0.327 e. The third-order valence-electron chi connectivity index (χ3n) is 6.67. The van der Waals surface area contributed by atoms with Crippen LogP contribution < -0.4 is 4.74 Å². The van der Waals surface area contributed by atoms with Crippen molar-refractivity contribution in [2.45, 2.75) is 90.6 Å². The van der Waals surface area contributed by atoms with E-state index in [0.717, 1.165) is 12.5 Å². The Balaban J connectivity index is 0. The van der Waals surface area contributed by atoms with Crippen molar-refractivity contribution in [3.05, 3.63) is 42.5 Å². The molecule has 0 saturated carbocycles. The van der Waals surface area contributed by atoms with Crippen LogP contribution in [0.2, 0.25) is 0 Å². The van der Waals surface area contributed by atoms with Crippen LogP contribution in [0.15, 0.2) is 36.9 Å². The van der Waals surface area contributed by atoms with Crippen LogP contribution in [0.4, 0.5) is 0 Å². The zero-order valence-electron chi connectivity index (χ0n) is 32.0. The first-order chi connectivity index (χ1) is 25.2. The lowest BCUT2D eigenvalue weighted by molar-refractivity contribution is -0.131. The molecule has 5 N–H and O–H groups in total. The van der Waals surface area contributed by atoms with E-state index in [4.69, 9.17) is 58.3 Å². The largest absolute Gasteiger partial charge is 0.478 e. The minimum atomic E-state index is -1.02. The van der Waals surface area contributed by atoms with Gasteiger partial charge in [-0.3, -0.25) is 0 Å². The van der Waals surface area contributed by atoms with E-state index in [-0.39, 0.29) is 25.9 Å². The molecule has 0 aromatic heterocycles. The molecule has 52 heavy (non-hydrogen) atoms. The maximum absolute atomic E-state index is 10.0. The predicted molar refractivity (Wildman–Crippen MR) is 199 cm³/mol. The topological polar surface area (TPSA) is 192 Å². The average molecular weight is 751 g/mol. The highest BCUT2D eigenvalue weighted by molar-refractivity contribution is 5.78. The number of benzene rings is 1. The number of aliphatic hydroxyl groups is 4. The van der Waals surface area contributed by atoms with Gasteiger partial charge in [-0.25, -0.2) is 4.79 Å². The first-order valence-corrected chi connectivity index (χ1v) is 18.5. The summed E-state index contributed by atoms with van der Waals surface area (Å²) in [6.45, 7) is 14.0. The number of ether oxygens (including phenoxy) is 8. The van der Waals surface area contributed by atoms with Crippen LogP contribution in [0.5, 0.6) is 5.75 Å². The molecule has 0 aliphatic heterocycles. The number of aliphatic hydroxyl groups excluding tert-OH is 4. The van der Waals surface area contributed by atoms with Crippen molar-refractivity contribution in [3.8, 4) is 5.75 Å². The summed E-state index contributed by atoms with van der Waals surface area (Å²) in [7, 11) is 0. The molecule has 0 aliphatic carbocycles. The molecule has 0 bridgehead atoms. The summed E-state index contributed by atoms with van der Waals surface area (Å²) >= 11 is 0. The molecule has 0 aliphatic rings. The van der Waals surface area contributed by atoms with Gasteiger partial charge in [-0.1, -0.05) is 64.2 Å². The van der Waals surface area contributed by atoms with Crippen LogP contribution in [0, 0.1) is 0 Å². The van der Waals surface area contributed by atoms with Crippen molar-refractivity contribution >= 4 is 5.97 Å².